The van der Waals surface area contributed by atoms with Gasteiger partial charge in [-0.25, -0.2) is 0 Å². The van der Waals surface area contributed by atoms with Crippen LogP contribution < -0.4 is 4.90 Å². The first-order valence-electron chi connectivity index (χ1n) is 7.36. The van der Waals surface area contributed by atoms with Gasteiger partial charge >= 0.3 is 0 Å². The molecule has 0 aliphatic carbocycles. The quantitative estimate of drug-likeness (QED) is 0.686. The van der Waals surface area contributed by atoms with Crippen LogP contribution in [0, 0.1) is 0 Å². The summed E-state index contributed by atoms with van der Waals surface area (Å²) in [6, 6.07) is 15.0. The van der Waals surface area contributed by atoms with Crippen LogP contribution in [0.3, 0.4) is 0 Å². The largest absolute Gasteiger partial charge is 0.319 e. The number of nitrogens with zero attached hydrogens (tertiary/aromatic N) is 2. The fraction of sp³-hybridized carbons (Fsp3) is 0.176. The van der Waals surface area contributed by atoms with Crippen LogP contribution in [-0.2, 0) is 4.79 Å². The maximum Gasteiger partial charge on any atom is 0.257 e. The second-order valence-corrected chi connectivity index (χ2v) is 7.87. The third-order valence-electron chi connectivity index (χ3n) is 4.16. The van der Waals surface area contributed by atoms with Crippen LogP contribution in [0.25, 0.3) is 0 Å². The molecule has 0 bridgehead atoms. The Hall–Kier alpha value is -1.27. The average Bonchev–Trinajstić information content (AvgIpc) is 3.12. The summed E-state index contributed by atoms with van der Waals surface area (Å²) in [6.45, 7) is 0. The number of thiocarbonyl (C=S) groups is 1. The van der Waals surface area contributed by atoms with Crippen molar-refractivity contribution in [2.24, 2.45) is 0 Å². The summed E-state index contributed by atoms with van der Waals surface area (Å²) in [5.74, 6) is 0.709. The molecular weight excluding hydrogens is 383 g/mol. The molecule has 7 heteroatoms. The van der Waals surface area contributed by atoms with Gasteiger partial charge in [0.1, 0.15) is 11.4 Å². The Morgan fingerprint density at radius 2 is 1.83 bits per heavy atom. The highest BCUT2D eigenvalue weighted by atomic mass is 35.5. The second-order valence-electron chi connectivity index (χ2n) is 5.57. The molecule has 122 valence electrons. The number of carbonyl (C=O) groups is 1. The van der Waals surface area contributed by atoms with E-state index in [2.05, 4.69) is 12.1 Å². The number of fused-ring (bicyclic) bond motifs is 1. The van der Waals surface area contributed by atoms with Gasteiger partial charge in [0.25, 0.3) is 5.91 Å². The Morgan fingerprint density at radius 3 is 2.54 bits per heavy atom. The number of hydrogen-bond acceptors (Lipinski definition) is 3. The summed E-state index contributed by atoms with van der Waals surface area (Å²) in [4.78, 5) is 16.5. The van der Waals surface area contributed by atoms with Gasteiger partial charge in [0, 0.05) is 5.75 Å². The molecule has 0 radical (unpaired) electrons. The Morgan fingerprint density at radius 1 is 1.08 bits per heavy atom. The number of hydrogen-bond donors (Lipinski definition) is 0. The highest BCUT2D eigenvalue weighted by Gasteiger charge is 2.50. The van der Waals surface area contributed by atoms with Gasteiger partial charge in [-0.15, -0.1) is 11.8 Å². The van der Waals surface area contributed by atoms with Gasteiger partial charge in [-0.3, -0.25) is 9.69 Å². The zero-order chi connectivity index (χ0) is 16.8. The molecular formula is C17H12Cl2N2OS2. The first-order chi connectivity index (χ1) is 11.6. The minimum atomic E-state index is -0.234. The van der Waals surface area contributed by atoms with Gasteiger partial charge in [-0.05, 0) is 36.0 Å². The molecule has 1 amide bonds. The zero-order valence-corrected chi connectivity index (χ0v) is 15.5. The molecule has 2 aromatic rings. The number of anilines is 1. The number of carbonyl (C=O) groups excluding carboxylic acids is 1. The van der Waals surface area contributed by atoms with Gasteiger partial charge in [-0.2, -0.15) is 0 Å². The number of rotatable bonds is 2. The van der Waals surface area contributed by atoms with E-state index in [0.29, 0.717) is 20.8 Å². The maximum atomic E-state index is 12.9. The summed E-state index contributed by atoms with van der Waals surface area (Å²) < 4.78 is 0. The summed E-state index contributed by atoms with van der Waals surface area (Å²) in [7, 11) is 0. The molecule has 2 aromatic carbocycles. The van der Waals surface area contributed by atoms with Crippen molar-refractivity contribution in [3.63, 3.8) is 0 Å². The highest BCUT2D eigenvalue weighted by molar-refractivity contribution is 7.99. The molecule has 2 saturated heterocycles. The predicted octanol–water partition coefficient (Wildman–Crippen LogP) is 4.74. The number of benzene rings is 2. The van der Waals surface area contributed by atoms with Gasteiger partial charge in [0.2, 0.25) is 0 Å². The normalized spacial score (nSPS) is 23.1. The molecule has 0 spiro atoms. The van der Waals surface area contributed by atoms with Gasteiger partial charge in [0.05, 0.1) is 15.7 Å². The minimum absolute atomic E-state index is 0.00989. The van der Waals surface area contributed by atoms with Crippen molar-refractivity contribution in [1.29, 1.82) is 0 Å². The minimum Gasteiger partial charge on any atom is -0.319 e. The Kier molecular flexibility index (Phi) is 4.21. The second kappa shape index (κ2) is 6.23. The topological polar surface area (TPSA) is 23.6 Å². The fourth-order valence-electron chi connectivity index (χ4n) is 3.03. The lowest BCUT2D eigenvalue weighted by Crippen LogP contribution is -2.33. The molecule has 2 aliphatic rings. The van der Waals surface area contributed by atoms with E-state index in [1.807, 2.05) is 23.1 Å². The summed E-state index contributed by atoms with van der Waals surface area (Å²) in [6.07, 6.45) is 0. The number of halogens is 2. The van der Waals surface area contributed by atoms with E-state index >= 15 is 0 Å². The standard InChI is InChI=1S/C17H12Cl2N2OS2/c18-12-7-6-11(8-13(12)19)20-15(22)14-9-24-16(21(14)17(20)23)10-4-2-1-3-5-10/h1-8,14,16H,9H2. The van der Waals surface area contributed by atoms with Crippen LogP contribution in [-0.4, -0.2) is 27.7 Å². The Balaban J connectivity index is 1.70. The van der Waals surface area contributed by atoms with Gasteiger partial charge in [0.15, 0.2) is 5.11 Å². The van der Waals surface area contributed by atoms with Crippen molar-refractivity contribution in [2.45, 2.75) is 11.4 Å². The van der Waals surface area contributed by atoms with E-state index in [9.17, 15) is 4.79 Å². The van der Waals surface area contributed by atoms with Crippen LogP contribution in [0.2, 0.25) is 10.0 Å². The van der Waals surface area contributed by atoms with Crippen LogP contribution in [0.15, 0.2) is 48.5 Å². The lowest BCUT2D eigenvalue weighted by Gasteiger charge is -2.25. The van der Waals surface area contributed by atoms with Crippen molar-refractivity contribution in [1.82, 2.24) is 4.90 Å². The van der Waals surface area contributed by atoms with E-state index in [1.54, 1.807) is 34.9 Å². The van der Waals surface area contributed by atoms with Crippen molar-refractivity contribution >= 4 is 63.9 Å². The molecule has 2 unspecified atom stereocenters. The third-order valence-corrected chi connectivity index (χ3v) is 6.62. The first kappa shape index (κ1) is 16.2. The highest BCUT2D eigenvalue weighted by Crippen LogP contribution is 2.46. The van der Waals surface area contributed by atoms with E-state index in [-0.39, 0.29) is 17.3 Å². The molecule has 0 aromatic heterocycles. The van der Waals surface area contributed by atoms with Gasteiger partial charge in [-0.1, -0.05) is 53.5 Å². The molecule has 2 fully saturated rings. The molecule has 24 heavy (non-hydrogen) atoms. The Bertz CT molecular complexity index is 831. The van der Waals surface area contributed by atoms with Crippen molar-refractivity contribution < 1.29 is 4.79 Å². The molecule has 3 nitrogen and oxygen atoms in total. The van der Waals surface area contributed by atoms with Crippen LogP contribution in [0.5, 0.6) is 0 Å². The number of thioether (sulfide) groups is 1. The fourth-order valence-corrected chi connectivity index (χ4v) is 5.24. The molecule has 2 atom stereocenters. The van der Waals surface area contributed by atoms with Gasteiger partial charge < -0.3 is 4.90 Å². The molecule has 4 rings (SSSR count). The lowest BCUT2D eigenvalue weighted by atomic mass is 10.2. The summed E-state index contributed by atoms with van der Waals surface area (Å²) in [5, 5.41) is 1.43. The van der Waals surface area contributed by atoms with E-state index < -0.39 is 0 Å². The third kappa shape index (κ3) is 2.51. The van der Waals surface area contributed by atoms with Crippen LogP contribution >= 0.6 is 47.2 Å². The van der Waals surface area contributed by atoms with Crippen LogP contribution in [0.1, 0.15) is 10.9 Å². The van der Waals surface area contributed by atoms with Crippen molar-refractivity contribution in [2.75, 3.05) is 10.7 Å². The first-order valence-corrected chi connectivity index (χ1v) is 9.57. The zero-order valence-electron chi connectivity index (χ0n) is 12.4. The summed E-state index contributed by atoms with van der Waals surface area (Å²) >= 11 is 19.5. The summed E-state index contributed by atoms with van der Waals surface area (Å²) in [5.41, 5.74) is 1.81. The lowest BCUT2D eigenvalue weighted by molar-refractivity contribution is -0.119. The monoisotopic (exact) mass is 394 g/mol. The number of amides is 1. The molecule has 0 N–H and O–H groups in total. The van der Waals surface area contributed by atoms with Crippen molar-refractivity contribution in [3.8, 4) is 0 Å². The molecule has 0 saturated carbocycles. The molecule has 2 heterocycles. The van der Waals surface area contributed by atoms with E-state index in [1.165, 1.54) is 0 Å². The smallest absolute Gasteiger partial charge is 0.257 e. The van der Waals surface area contributed by atoms with Crippen molar-refractivity contribution in [3.05, 3.63) is 64.1 Å². The predicted molar refractivity (Wildman–Crippen MR) is 104 cm³/mol. The van der Waals surface area contributed by atoms with E-state index in [0.717, 1.165) is 11.3 Å². The van der Waals surface area contributed by atoms with E-state index in [4.69, 9.17) is 35.4 Å². The van der Waals surface area contributed by atoms with Crippen LogP contribution in [0.4, 0.5) is 5.69 Å². The SMILES string of the molecule is O=C1C2CSC(c3ccccc3)N2C(=S)N1c1ccc(Cl)c(Cl)c1. The molecule has 2 aliphatic heterocycles. The maximum absolute atomic E-state index is 12.9. The average molecular weight is 395 g/mol. The Labute approximate surface area is 159 Å².